The molecular weight excluding hydrogens is 482 g/mol. The van der Waals surface area contributed by atoms with Crippen LogP contribution in [0.5, 0.6) is 11.5 Å². The van der Waals surface area contributed by atoms with Gasteiger partial charge in [-0.1, -0.05) is 6.07 Å². The predicted molar refractivity (Wildman–Crippen MR) is 139 cm³/mol. The summed E-state index contributed by atoms with van der Waals surface area (Å²) in [5, 5.41) is 10.9. The molecule has 3 heterocycles. The first-order chi connectivity index (χ1) is 17.5. The number of nitrogens with zero attached hydrogens (tertiary/aromatic N) is 5. The lowest BCUT2D eigenvalue weighted by Gasteiger charge is -2.15. The van der Waals surface area contributed by atoms with Crippen LogP contribution >= 0.6 is 12.2 Å². The molecule has 188 valence electrons. The summed E-state index contributed by atoms with van der Waals surface area (Å²) in [6, 6.07) is 9.40. The molecule has 0 amide bonds. The summed E-state index contributed by atoms with van der Waals surface area (Å²) in [7, 11) is 6.35. The first-order valence-electron chi connectivity index (χ1n) is 11.0. The van der Waals surface area contributed by atoms with E-state index in [1.54, 1.807) is 46.9 Å². The average Bonchev–Trinajstić information content (AvgIpc) is 3.37. The zero-order valence-electron chi connectivity index (χ0n) is 20.4. The first kappa shape index (κ1) is 25.2. The summed E-state index contributed by atoms with van der Waals surface area (Å²) in [5.74, 6) is 1.90. The normalized spacial score (nSPS) is 11.0. The van der Waals surface area contributed by atoms with Gasteiger partial charge in [0.25, 0.3) is 0 Å². The monoisotopic (exact) mass is 509 g/mol. The number of thiocarbonyl (C=S) groups is 1. The van der Waals surface area contributed by atoms with Crippen molar-refractivity contribution in [3.05, 3.63) is 54.5 Å². The molecule has 0 aliphatic carbocycles. The van der Waals surface area contributed by atoms with Crippen molar-refractivity contribution >= 4 is 34.3 Å². The lowest BCUT2D eigenvalue weighted by molar-refractivity contribution is -0.0964. The Kier molecular flexibility index (Phi) is 8.21. The molecule has 4 rings (SSSR count). The fraction of sp³-hybridized carbons (Fsp3) is 0.292. The number of hydrogen-bond donors (Lipinski definition) is 2. The minimum absolute atomic E-state index is 0.390. The lowest BCUT2D eigenvalue weighted by atomic mass is 10.2. The number of benzene rings is 1. The van der Waals surface area contributed by atoms with Crippen LogP contribution < -0.4 is 20.1 Å². The molecule has 0 saturated heterocycles. The highest BCUT2D eigenvalue weighted by molar-refractivity contribution is 7.80. The topological polar surface area (TPSA) is 117 Å². The maximum absolute atomic E-state index is 5.39. The highest BCUT2D eigenvalue weighted by atomic mass is 32.1. The number of pyridine rings is 1. The number of nitrogens with one attached hydrogen (secondary N) is 2. The summed E-state index contributed by atoms with van der Waals surface area (Å²) in [6.07, 6.45) is 4.96. The van der Waals surface area contributed by atoms with Crippen LogP contribution in [0.3, 0.4) is 0 Å². The Balaban J connectivity index is 1.47. The van der Waals surface area contributed by atoms with E-state index in [0.29, 0.717) is 52.4 Å². The van der Waals surface area contributed by atoms with E-state index in [1.165, 1.54) is 0 Å². The first-order valence-corrected chi connectivity index (χ1v) is 11.4. The Morgan fingerprint density at radius 1 is 1.00 bits per heavy atom. The van der Waals surface area contributed by atoms with Gasteiger partial charge in [0.2, 0.25) is 0 Å². The molecule has 0 aliphatic rings. The number of ether oxygens (including phenoxy) is 4. The van der Waals surface area contributed by atoms with E-state index in [0.717, 1.165) is 11.1 Å². The number of methoxy groups -OCH3 is 4. The van der Waals surface area contributed by atoms with Crippen LogP contribution in [0.4, 0.5) is 5.82 Å². The van der Waals surface area contributed by atoms with Gasteiger partial charge in [-0.2, -0.15) is 5.10 Å². The SMILES string of the molecule is COc1ccc(Cn2cc(-c3cnc4ccc(NC(=S)NCC(OC)OC)nc4n3)cn2)cc1OC. The van der Waals surface area contributed by atoms with E-state index in [1.807, 2.05) is 35.1 Å². The Bertz CT molecular complexity index is 1340. The summed E-state index contributed by atoms with van der Waals surface area (Å²) in [4.78, 5) is 13.7. The van der Waals surface area contributed by atoms with Gasteiger partial charge in [0, 0.05) is 26.0 Å². The molecule has 3 aromatic heterocycles. The van der Waals surface area contributed by atoms with Crippen LogP contribution in [-0.4, -0.2) is 71.1 Å². The quantitative estimate of drug-likeness (QED) is 0.243. The standard InChI is InChI=1S/C24H27N7O4S/c1-32-19-7-5-15(9-20(19)33-2)13-31-14-16(10-27-31)18-11-25-17-6-8-21(29-23(17)28-18)30-24(36)26-12-22(34-3)35-4/h5-11,14,22H,12-13H2,1-4H3,(H2,26,28,29,30,36). The maximum atomic E-state index is 5.39. The van der Waals surface area contributed by atoms with Crippen molar-refractivity contribution in [1.82, 2.24) is 30.0 Å². The van der Waals surface area contributed by atoms with Gasteiger partial charge in [-0.25, -0.2) is 9.97 Å². The van der Waals surface area contributed by atoms with Crippen molar-refractivity contribution in [2.24, 2.45) is 0 Å². The fourth-order valence-corrected chi connectivity index (χ4v) is 3.64. The van der Waals surface area contributed by atoms with E-state index in [-0.39, 0.29) is 0 Å². The van der Waals surface area contributed by atoms with Crippen LogP contribution in [0.2, 0.25) is 0 Å². The maximum Gasteiger partial charge on any atom is 0.180 e. The van der Waals surface area contributed by atoms with Crippen molar-refractivity contribution in [1.29, 1.82) is 0 Å². The fourth-order valence-electron chi connectivity index (χ4n) is 3.45. The number of hydrogen-bond acceptors (Lipinski definition) is 9. The van der Waals surface area contributed by atoms with Crippen LogP contribution in [0.15, 0.2) is 48.9 Å². The second-order valence-corrected chi connectivity index (χ2v) is 8.05. The third kappa shape index (κ3) is 6.03. The minimum Gasteiger partial charge on any atom is -0.493 e. The molecule has 36 heavy (non-hydrogen) atoms. The number of aromatic nitrogens is 5. The van der Waals surface area contributed by atoms with Crippen molar-refractivity contribution in [3.63, 3.8) is 0 Å². The molecule has 4 aromatic rings. The van der Waals surface area contributed by atoms with E-state index in [2.05, 4.69) is 30.7 Å². The second kappa shape index (κ2) is 11.7. The predicted octanol–water partition coefficient (Wildman–Crippen LogP) is 2.86. The minimum atomic E-state index is -0.407. The highest BCUT2D eigenvalue weighted by Crippen LogP contribution is 2.28. The van der Waals surface area contributed by atoms with Crippen LogP contribution in [-0.2, 0) is 16.0 Å². The van der Waals surface area contributed by atoms with Gasteiger partial charge in [0.15, 0.2) is 28.5 Å². The van der Waals surface area contributed by atoms with Crippen LogP contribution in [0.25, 0.3) is 22.4 Å². The second-order valence-electron chi connectivity index (χ2n) is 7.65. The van der Waals surface area contributed by atoms with Gasteiger partial charge in [0.1, 0.15) is 11.3 Å². The molecule has 2 N–H and O–H groups in total. The summed E-state index contributed by atoms with van der Waals surface area (Å²) in [6.45, 7) is 0.953. The summed E-state index contributed by atoms with van der Waals surface area (Å²) in [5.41, 5.74) is 3.66. The zero-order valence-corrected chi connectivity index (χ0v) is 21.2. The Morgan fingerprint density at radius 2 is 1.81 bits per heavy atom. The highest BCUT2D eigenvalue weighted by Gasteiger charge is 2.11. The number of anilines is 1. The third-order valence-electron chi connectivity index (χ3n) is 5.33. The molecule has 0 unspecified atom stereocenters. The third-order valence-corrected chi connectivity index (χ3v) is 5.57. The largest absolute Gasteiger partial charge is 0.493 e. The molecule has 0 fully saturated rings. The van der Waals surface area contributed by atoms with E-state index >= 15 is 0 Å². The molecule has 0 saturated carbocycles. The van der Waals surface area contributed by atoms with Crippen molar-refractivity contribution in [3.8, 4) is 22.8 Å². The van der Waals surface area contributed by atoms with Crippen molar-refractivity contribution in [2.75, 3.05) is 40.3 Å². The van der Waals surface area contributed by atoms with Crippen molar-refractivity contribution < 1.29 is 18.9 Å². The molecule has 0 spiro atoms. The Labute approximate surface area is 213 Å². The molecule has 1 aromatic carbocycles. The van der Waals surface area contributed by atoms with Gasteiger partial charge in [-0.3, -0.25) is 9.67 Å². The van der Waals surface area contributed by atoms with Gasteiger partial charge in [-0.05, 0) is 42.0 Å². The molecule has 11 nitrogen and oxygen atoms in total. The number of fused-ring (bicyclic) bond motifs is 1. The van der Waals surface area contributed by atoms with Gasteiger partial charge < -0.3 is 29.6 Å². The summed E-state index contributed by atoms with van der Waals surface area (Å²) < 4.78 is 22.8. The van der Waals surface area contributed by atoms with Gasteiger partial charge >= 0.3 is 0 Å². The van der Waals surface area contributed by atoms with Gasteiger partial charge in [0.05, 0.1) is 45.4 Å². The van der Waals surface area contributed by atoms with E-state index in [9.17, 15) is 0 Å². The van der Waals surface area contributed by atoms with E-state index < -0.39 is 6.29 Å². The van der Waals surface area contributed by atoms with Crippen LogP contribution in [0.1, 0.15) is 5.56 Å². The zero-order chi connectivity index (χ0) is 25.5. The van der Waals surface area contributed by atoms with Gasteiger partial charge in [-0.15, -0.1) is 0 Å². The van der Waals surface area contributed by atoms with Crippen molar-refractivity contribution in [2.45, 2.75) is 12.8 Å². The molecular formula is C24H27N7O4S. The summed E-state index contributed by atoms with van der Waals surface area (Å²) >= 11 is 5.33. The Hall–Kier alpha value is -3.87. The van der Waals surface area contributed by atoms with Crippen LogP contribution in [0, 0.1) is 0 Å². The average molecular weight is 510 g/mol. The molecule has 0 aliphatic heterocycles. The molecule has 12 heteroatoms. The molecule has 0 atom stereocenters. The smallest absolute Gasteiger partial charge is 0.180 e. The van der Waals surface area contributed by atoms with E-state index in [4.69, 9.17) is 31.2 Å². The number of rotatable bonds is 10. The molecule has 0 radical (unpaired) electrons. The Morgan fingerprint density at radius 3 is 2.56 bits per heavy atom. The molecule has 0 bridgehead atoms. The lowest BCUT2D eigenvalue weighted by Crippen LogP contribution is -2.36.